The molecule has 6 nitrogen and oxygen atoms in total. The van der Waals surface area contributed by atoms with E-state index < -0.39 is 10.0 Å². The van der Waals surface area contributed by atoms with Crippen molar-refractivity contribution in [3.63, 3.8) is 0 Å². The minimum Gasteiger partial charge on any atom is -0.352 e. The molecule has 1 aromatic carbocycles. The largest absolute Gasteiger partial charge is 0.352 e. The van der Waals surface area contributed by atoms with Crippen LogP contribution in [-0.4, -0.2) is 44.8 Å². The third-order valence-electron chi connectivity index (χ3n) is 4.51. The SMILES string of the molecule is CC1CCN(S(=O)(=O)c2ccc(C(=O)NCC(C)CN)cc2)CC1.Cl. The predicted molar refractivity (Wildman–Crippen MR) is 101 cm³/mol. The molecule has 3 N–H and O–H groups in total. The summed E-state index contributed by atoms with van der Waals surface area (Å²) in [6, 6.07) is 6.13. The average Bonchev–Trinajstić information content (AvgIpc) is 2.59. The second-order valence-electron chi connectivity index (χ2n) is 6.66. The van der Waals surface area contributed by atoms with Crippen molar-refractivity contribution in [2.45, 2.75) is 31.6 Å². The van der Waals surface area contributed by atoms with Gasteiger partial charge in [0.1, 0.15) is 0 Å². The first-order valence-corrected chi connectivity index (χ1v) is 9.87. The molecule has 0 aromatic heterocycles. The van der Waals surface area contributed by atoms with Gasteiger partial charge in [0.2, 0.25) is 10.0 Å². The first-order chi connectivity index (χ1) is 11.3. The number of halogens is 1. The Morgan fingerprint density at radius 3 is 2.36 bits per heavy atom. The summed E-state index contributed by atoms with van der Waals surface area (Å²) >= 11 is 0. The van der Waals surface area contributed by atoms with E-state index in [1.807, 2.05) is 6.92 Å². The second kappa shape index (κ2) is 9.52. The number of nitrogens with zero attached hydrogens (tertiary/aromatic N) is 1. The molecule has 0 spiro atoms. The van der Waals surface area contributed by atoms with E-state index in [1.165, 1.54) is 16.4 Å². The summed E-state index contributed by atoms with van der Waals surface area (Å²) in [5.41, 5.74) is 5.97. The molecular weight excluding hydrogens is 362 g/mol. The van der Waals surface area contributed by atoms with Crippen molar-refractivity contribution in [2.24, 2.45) is 17.6 Å². The summed E-state index contributed by atoms with van der Waals surface area (Å²) in [7, 11) is -3.47. The summed E-state index contributed by atoms with van der Waals surface area (Å²) in [5, 5.41) is 2.80. The molecule has 0 saturated carbocycles. The molecular formula is C17H28ClN3O3S. The molecule has 1 unspecified atom stereocenters. The molecule has 0 radical (unpaired) electrons. The molecule has 2 rings (SSSR count). The number of amides is 1. The molecule has 1 aliphatic heterocycles. The Balaban J connectivity index is 0.00000312. The van der Waals surface area contributed by atoms with Crippen LogP contribution in [0.5, 0.6) is 0 Å². The highest BCUT2D eigenvalue weighted by molar-refractivity contribution is 7.89. The zero-order valence-electron chi connectivity index (χ0n) is 14.8. The highest BCUT2D eigenvalue weighted by Gasteiger charge is 2.28. The van der Waals surface area contributed by atoms with Gasteiger partial charge in [-0.25, -0.2) is 8.42 Å². The summed E-state index contributed by atoms with van der Waals surface area (Å²) in [5.74, 6) is 0.555. The van der Waals surface area contributed by atoms with Gasteiger partial charge in [0, 0.05) is 25.2 Å². The van der Waals surface area contributed by atoms with Crippen LogP contribution in [0.4, 0.5) is 0 Å². The van der Waals surface area contributed by atoms with Gasteiger partial charge in [-0.1, -0.05) is 13.8 Å². The van der Waals surface area contributed by atoms with Gasteiger partial charge >= 0.3 is 0 Å². The Hall–Kier alpha value is -1.15. The number of nitrogens with one attached hydrogen (secondary N) is 1. The second-order valence-corrected chi connectivity index (χ2v) is 8.60. The van der Waals surface area contributed by atoms with Gasteiger partial charge in [-0.05, 0) is 55.5 Å². The van der Waals surface area contributed by atoms with E-state index in [9.17, 15) is 13.2 Å². The highest BCUT2D eigenvalue weighted by atomic mass is 35.5. The van der Waals surface area contributed by atoms with E-state index in [0.29, 0.717) is 37.7 Å². The molecule has 1 saturated heterocycles. The van der Waals surface area contributed by atoms with Crippen LogP contribution in [-0.2, 0) is 10.0 Å². The number of carbonyl (C=O) groups excluding carboxylic acids is 1. The lowest BCUT2D eigenvalue weighted by atomic mass is 10.0. The summed E-state index contributed by atoms with van der Waals surface area (Å²) in [4.78, 5) is 12.3. The Bertz CT molecular complexity index is 656. The lowest BCUT2D eigenvalue weighted by Gasteiger charge is -2.29. The molecule has 8 heteroatoms. The van der Waals surface area contributed by atoms with Crippen LogP contribution in [0, 0.1) is 11.8 Å². The summed E-state index contributed by atoms with van der Waals surface area (Å²) < 4.78 is 26.8. The van der Waals surface area contributed by atoms with Crippen LogP contribution in [0.1, 0.15) is 37.0 Å². The van der Waals surface area contributed by atoms with E-state index in [4.69, 9.17) is 5.73 Å². The number of rotatable bonds is 6. The number of piperidine rings is 1. The molecule has 0 bridgehead atoms. The van der Waals surface area contributed by atoms with Crippen LogP contribution in [0.25, 0.3) is 0 Å². The van der Waals surface area contributed by atoms with Gasteiger partial charge in [-0.3, -0.25) is 4.79 Å². The quantitative estimate of drug-likeness (QED) is 0.776. The number of hydrogen-bond acceptors (Lipinski definition) is 4. The lowest BCUT2D eigenvalue weighted by Crippen LogP contribution is -2.37. The fraction of sp³-hybridized carbons (Fsp3) is 0.588. The summed E-state index contributed by atoms with van der Waals surface area (Å²) in [6.07, 6.45) is 1.78. The zero-order chi connectivity index (χ0) is 17.7. The fourth-order valence-corrected chi connectivity index (χ4v) is 4.07. The number of benzene rings is 1. The maximum atomic E-state index is 12.6. The molecule has 1 heterocycles. The van der Waals surface area contributed by atoms with Crippen LogP contribution >= 0.6 is 12.4 Å². The van der Waals surface area contributed by atoms with Crippen LogP contribution in [0.2, 0.25) is 0 Å². The van der Waals surface area contributed by atoms with E-state index in [-0.39, 0.29) is 29.1 Å². The zero-order valence-corrected chi connectivity index (χ0v) is 16.4. The Morgan fingerprint density at radius 1 is 1.28 bits per heavy atom. The van der Waals surface area contributed by atoms with Crippen molar-refractivity contribution in [2.75, 3.05) is 26.2 Å². The average molecular weight is 390 g/mol. The number of carbonyl (C=O) groups is 1. The molecule has 1 fully saturated rings. The van der Waals surface area contributed by atoms with Crippen molar-refractivity contribution in [3.05, 3.63) is 29.8 Å². The van der Waals surface area contributed by atoms with E-state index in [1.54, 1.807) is 12.1 Å². The first-order valence-electron chi connectivity index (χ1n) is 8.43. The van der Waals surface area contributed by atoms with Gasteiger partial charge in [0.15, 0.2) is 0 Å². The smallest absolute Gasteiger partial charge is 0.251 e. The summed E-state index contributed by atoms with van der Waals surface area (Å²) in [6.45, 7) is 6.22. The number of sulfonamides is 1. The van der Waals surface area contributed by atoms with E-state index >= 15 is 0 Å². The molecule has 25 heavy (non-hydrogen) atoms. The minimum absolute atomic E-state index is 0. The van der Waals surface area contributed by atoms with Gasteiger partial charge in [0.25, 0.3) is 5.91 Å². The Labute approximate surface area is 156 Å². The van der Waals surface area contributed by atoms with E-state index in [2.05, 4.69) is 12.2 Å². The minimum atomic E-state index is -3.47. The van der Waals surface area contributed by atoms with Crippen molar-refractivity contribution in [1.82, 2.24) is 9.62 Å². The number of hydrogen-bond donors (Lipinski definition) is 2. The molecule has 142 valence electrons. The fourth-order valence-electron chi connectivity index (χ4n) is 2.60. The first kappa shape index (κ1) is 21.9. The van der Waals surface area contributed by atoms with Gasteiger partial charge in [-0.2, -0.15) is 4.31 Å². The van der Waals surface area contributed by atoms with Crippen molar-refractivity contribution < 1.29 is 13.2 Å². The standard InChI is InChI=1S/C17H27N3O3S.ClH/c1-13-7-9-20(10-8-13)24(22,23)16-5-3-15(4-6-16)17(21)19-12-14(2)11-18;/h3-6,13-14H,7-12,18H2,1-2H3,(H,19,21);1H. The molecule has 1 aromatic rings. The monoisotopic (exact) mass is 389 g/mol. The molecule has 1 amide bonds. The van der Waals surface area contributed by atoms with Crippen molar-refractivity contribution in [3.8, 4) is 0 Å². The van der Waals surface area contributed by atoms with Crippen molar-refractivity contribution in [1.29, 1.82) is 0 Å². The van der Waals surface area contributed by atoms with Gasteiger partial charge in [0.05, 0.1) is 4.90 Å². The molecule has 1 aliphatic rings. The Kier molecular flexibility index (Phi) is 8.34. The Morgan fingerprint density at radius 2 is 1.84 bits per heavy atom. The number of nitrogens with two attached hydrogens (primary N) is 1. The third-order valence-corrected chi connectivity index (χ3v) is 6.42. The topological polar surface area (TPSA) is 92.5 Å². The van der Waals surface area contributed by atoms with E-state index in [0.717, 1.165) is 12.8 Å². The predicted octanol–water partition coefficient (Wildman–Crippen LogP) is 1.85. The van der Waals surface area contributed by atoms with Gasteiger partial charge < -0.3 is 11.1 Å². The van der Waals surface area contributed by atoms with Crippen LogP contribution in [0.3, 0.4) is 0 Å². The normalized spacial score (nSPS) is 17.6. The lowest BCUT2D eigenvalue weighted by molar-refractivity contribution is 0.0948. The highest BCUT2D eigenvalue weighted by Crippen LogP contribution is 2.23. The molecule has 0 aliphatic carbocycles. The maximum absolute atomic E-state index is 12.6. The molecule has 1 atom stereocenters. The third kappa shape index (κ3) is 5.67. The maximum Gasteiger partial charge on any atom is 0.251 e. The van der Waals surface area contributed by atoms with Crippen LogP contribution < -0.4 is 11.1 Å². The van der Waals surface area contributed by atoms with Crippen molar-refractivity contribution >= 4 is 28.3 Å². The van der Waals surface area contributed by atoms with Gasteiger partial charge in [-0.15, -0.1) is 12.4 Å². The van der Waals surface area contributed by atoms with Crippen LogP contribution in [0.15, 0.2) is 29.2 Å².